The van der Waals surface area contributed by atoms with Gasteiger partial charge in [0.25, 0.3) is 0 Å². The summed E-state index contributed by atoms with van der Waals surface area (Å²) in [5.41, 5.74) is 0.645. The molecule has 1 aliphatic heterocycles. The van der Waals surface area contributed by atoms with Gasteiger partial charge in [-0.15, -0.1) is 0 Å². The molecule has 0 aromatic heterocycles. The molecule has 138 valence electrons. The molecular formula is C19H30BNO4. The Labute approximate surface area is 151 Å². The van der Waals surface area contributed by atoms with Gasteiger partial charge >= 0.3 is 13.2 Å². The van der Waals surface area contributed by atoms with Gasteiger partial charge in [-0.3, -0.25) is 4.90 Å². The summed E-state index contributed by atoms with van der Waals surface area (Å²) in [4.78, 5) is 13.1. The molecule has 1 unspecified atom stereocenters. The zero-order chi connectivity index (χ0) is 19.2. The molecule has 0 spiro atoms. The maximum atomic E-state index is 11.7. The summed E-state index contributed by atoms with van der Waals surface area (Å²) in [7, 11) is -0.410. The van der Waals surface area contributed by atoms with Crippen LogP contribution in [0.15, 0.2) is 24.3 Å². The standard InChI is InChI=1S/C19H30BNO4/c1-13(21(16(22)23)17(2,3)4)14-9-11-15(12-10-14)20-24-18(5,6)19(7,8)25-20/h9-13H,1-8H3,(H,22,23). The summed E-state index contributed by atoms with van der Waals surface area (Å²) >= 11 is 0. The largest absolute Gasteiger partial charge is 0.494 e. The fraction of sp³-hybridized carbons (Fsp3) is 0.632. The van der Waals surface area contributed by atoms with Crippen molar-refractivity contribution in [2.24, 2.45) is 0 Å². The molecule has 1 heterocycles. The summed E-state index contributed by atoms with van der Waals surface area (Å²) in [5, 5.41) is 9.57. The number of nitrogens with zero attached hydrogens (tertiary/aromatic N) is 1. The van der Waals surface area contributed by atoms with Crippen LogP contribution in [-0.4, -0.2) is 40.0 Å². The second kappa shape index (κ2) is 6.33. The molecule has 0 radical (unpaired) electrons. The number of amides is 1. The van der Waals surface area contributed by atoms with Gasteiger partial charge in [0.1, 0.15) is 0 Å². The molecule has 6 heteroatoms. The third kappa shape index (κ3) is 3.85. The minimum absolute atomic E-state index is 0.246. The predicted molar refractivity (Wildman–Crippen MR) is 100 cm³/mol. The highest BCUT2D eigenvalue weighted by molar-refractivity contribution is 6.62. The van der Waals surface area contributed by atoms with Crippen LogP contribution in [0.5, 0.6) is 0 Å². The first-order valence-corrected chi connectivity index (χ1v) is 8.74. The Morgan fingerprint density at radius 3 is 1.88 bits per heavy atom. The first kappa shape index (κ1) is 19.8. The molecule has 0 aliphatic carbocycles. The summed E-state index contributed by atoms with van der Waals surface area (Å²) in [6, 6.07) is 7.57. The van der Waals surface area contributed by atoms with Crippen molar-refractivity contribution in [3.05, 3.63) is 29.8 Å². The van der Waals surface area contributed by atoms with Gasteiger partial charge in [0, 0.05) is 5.54 Å². The van der Waals surface area contributed by atoms with E-state index in [1.54, 1.807) is 0 Å². The zero-order valence-electron chi connectivity index (χ0n) is 16.6. The molecule has 1 saturated heterocycles. The Bertz CT molecular complexity index is 618. The lowest BCUT2D eigenvalue weighted by Crippen LogP contribution is -2.46. The molecule has 5 nitrogen and oxygen atoms in total. The predicted octanol–water partition coefficient (Wildman–Crippen LogP) is 3.83. The van der Waals surface area contributed by atoms with Crippen molar-refractivity contribution in [1.29, 1.82) is 0 Å². The molecule has 25 heavy (non-hydrogen) atoms. The highest BCUT2D eigenvalue weighted by Crippen LogP contribution is 2.36. The van der Waals surface area contributed by atoms with Crippen LogP contribution >= 0.6 is 0 Å². The van der Waals surface area contributed by atoms with Gasteiger partial charge in [-0.2, -0.15) is 0 Å². The Balaban J connectivity index is 2.22. The van der Waals surface area contributed by atoms with Gasteiger partial charge in [-0.05, 0) is 66.4 Å². The van der Waals surface area contributed by atoms with Crippen LogP contribution < -0.4 is 5.46 Å². The van der Waals surface area contributed by atoms with Gasteiger partial charge in [0.2, 0.25) is 0 Å². The van der Waals surface area contributed by atoms with Crippen molar-refractivity contribution in [3.63, 3.8) is 0 Å². The van der Waals surface area contributed by atoms with Gasteiger partial charge in [0.05, 0.1) is 17.2 Å². The van der Waals surface area contributed by atoms with Crippen molar-refractivity contribution >= 4 is 18.7 Å². The molecular weight excluding hydrogens is 317 g/mol. The van der Waals surface area contributed by atoms with Gasteiger partial charge < -0.3 is 14.4 Å². The molecule has 0 saturated carbocycles. The van der Waals surface area contributed by atoms with Crippen molar-refractivity contribution in [1.82, 2.24) is 4.90 Å². The number of carbonyl (C=O) groups is 1. The monoisotopic (exact) mass is 347 g/mol. The van der Waals surface area contributed by atoms with Crippen LogP contribution in [0.25, 0.3) is 0 Å². The van der Waals surface area contributed by atoms with E-state index >= 15 is 0 Å². The maximum absolute atomic E-state index is 11.7. The van der Waals surface area contributed by atoms with Crippen LogP contribution in [-0.2, 0) is 9.31 Å². The minimum Gasteiger partial charge on any atom is -0.465 e. The zero-order valence-corrected chi connectivity index (χ0v) is 16.6. The fourth-order valence-electron chi connectivity index (χ4n) is 3.09. The first-order valence-electron chi connectivity index (χ1n) is 8.74. The SMILES string of the molecule is CC(c1ccc(B2OC(C)(C)C(C)(C)O2)cc1)N(C(=O)O)C(C)(C)C. The number of hydrogen-bond acceptors (Lipinski definition) is 3. The minimum atomic E-state index is -0.921. The maximum Gasteiger partial charge on any atom is 0.494 e. The summed E-state index contributed by atoms with van der Waals surface area (Å²) in [5.74, 6) is 0. The number of benzene rings is 1. The summed E-state index contributed by atoms with van der Waals surface area (Å²) in [6.07, 6.45) is -0.921. The second-order valence-electron chi connectivity index (χ2n) is 8.75. The summed E-state index contributed by atoms with van der Waals surface area (Å²) < 4.78 is 12.1. The Hall–Kier alpha value is -1.53. The lowest BCUT2D eigenvalue weighted by Gasteiger charge is -2.38. The number of carboxylic acid groups (broad SMARTS) is 1. The Morgan fingerprint density at radius 2 is 1.52 bits per heavy atom. The first-order chi connectivity index (χ1) is 11.3. The second-order valence-corrected chi connectivity index (χ2v) is 8.75. The molecule has 1 fully saturated rings. The summed E-state index contributed by atoms with van der Waals surface area (Å²) in [6.45, 7) is 15.7. The van der Waals surface area contributed by atoms with Crippen LogP contribution in [0.4, 0.5) is 4.79 Å². The van der Waals surface area contributed by atoms with Gasteiger partial charge in [0.15, 0.2) is 0 Å². The van der Waals surface area contributed by atoms with E-state index in [1.165, 1.54) is 4.90 Å². The number of rotatable bonds is 3. The lowest BCUT2D eigenvalue weighted by molar-refractivity contribution is 0.00578. The van der Waals surface area contributed by atoms with Crippen molar-refractivity contribution in [2.75, 3.05) is 0 Å². The van der Waals surface area contributed by atoms with E-state index in [9.17, 15) is 9.90 Å². The van der Waals surface area contributed by atoms with E-state index < -0.39 is 18.8 Å². The van der Waals surface area contributed by atoms with Crippen LogP contribution in [0.2, 0.25) is 0 Å². The van der Waals surface area contributed by atoms with E-state index in [2.05, 4.69) is 0 Å². The third-order valence-electron chi connectivity index (χ3n) is 5.26. The Kier molecular flexibility index (Phi) is 5.01. The molecule has 0 bridgehead atoms. The van der Waals surface area contributed by atoms with E-state index in [0.29, 0.717) is 0 Å². The Morgan fingerprint density at radius 1 is 1.08 bits per heavy atom. The fourth-order valence-corrected chi connectivity index (χ4v) is 3.09. The van der Waals surface area contributed by atoms with Crippen LogP contribution in [0.3, 0.4) is 0 Å². The van der Waals surface area contributed by atoms with Gasteiger partial charge in [-0.25, -0.2) is 4.79 Å². The average Bonchev–Trinajstić information content (AvgIpc) is 2.65. The van der Waals surface area contributed by atoms with Crippen molar-refractivity contribution < 1.29 is 19.2 Å². The highest BCUT2D eigenvalue weighted by atomic mass is 16.7. The van der Waals surface area contributed by atoms with Gasteiger partial charge in [-0.1, -0.05) is 24.3 Å². The molecule has 1 aromatic carbocycles. The molecule has 1 aliphatic rings. The van der Waals surface area contributed by atoms with E-state index in [1.807, 2.05) is 79.7 Å². The van der Waals surface area contributed by atoms with Crippen molar-refractivity contribution in [2.45, 2.75) is 78.2 Å². The molecule has 2 rings (SSSR count). The molecule has 1 aromatic rings. The van der Waals surface area contributed by atoms with E-state index in [-0.39, 0.29) is 17.2 Å². The van der Waals surface area contributed by atoms with Crippen LogP contribution in [0, 0.1) is 0 Å². The quantitative estimate of drug-likeness (QED) is 0.845. The third-order valence-corrected chi connectivity index (χ3v) is 5.26. The van der Waals surface area contributed by atoms with E-state index in [0.717, 1.165) is 11.0 Å². The molecule has 1 atom stereocenters. The van der Waals surface area contributed by atoms with E-state index in [4.69, 9.17) is 9.31 Å². The van der Waals surface area contributed by atoms with Crippen molar-refractivity contribution in [3.8, 4) is 0 Å². The lowest BCUT2D eigenvalue weighted by atomic mass is 9.78. The topological polar surface area (TPSA) is 59.0 Å². The normalized spacial score (nSPS) is 20.4. The van der Waals surface area contributed by atoms with Crippen LogP contribution in [0.1, 0.15) is 67.0 Å². The smallest absolute Gasteiger partial charge is 0.465 e. The molecule has 1 N–H and O–H groups in total. The number of hydrogen-bond donors (Lipinski definition) is 1. The molecule has 1 amide bonds. The average molecular weight is 347 g/mol. The highest BCUT2D eigenvalue weighted by Gasteiger charge is 2.51.